The van der Waals surface area contributed by atoms with Gasteiger partial charge in [0, 0.05) is 19.1 Å². The molecule has 1 fully saturated rings. The van der Waals surface area contributed by atoms with Crippen molar-refractivity contribution in [3.8, 4) is 0 Å². The Morgan fingerprint density at radius 2 is 1.76 bits per heavy atom. The maximum Gasteiger partial charge on any atom is 0.257 e. The molecule has 178 valence electrons. The van der Waals surface area contributed by atoms with Gasteiger partial charge >= 0.3 is 0 Å². The van der Waals surface area contributed by atoms with E-state index in [2.05, 4.69) is 17.6 Å². The summed E-state index contributed by atoms with van der Waals surface area (Å²) >= 11 is 6.25. The molecule has 0 radical (unpaired) electrons. The molecule has 1 heterocycles. The number of nitrogens with zero attached hydrogens (tertiary/aromatic N) is 1. The van der Waals surface area contributed by atoms with Crippen molar-refractivity contribution < 1.29 is 18.0 Å². The smallest absolute Gasteiger partial charge is 0.257 e. The molecule has 0 saturated carbocycles. The van der Waals surface area contributed by atoms with Crippen LogP contribution in [0.2, 0.25) is 5.02 Å². The Kier molecular flexibility index (Phi) is 8.15. The summed E-state index contributed by atoms with van der Waals surface area (Å²) in [5, 5.41) is 5.71. The summed E-state index contributed by atoms with van der Waals surface area (Å²) in [6.07, 6.45) is 2.37. The van der Waals surface area contributed by atoms with Crippen molar-refractivity contribution in [2.45, 2.75) is 51.0 Å². The van der Waals surface area contributed by atoms with Crippen LogP contribution in [0.5, 0.6) is 0 Å². The predicted molar refractivity (Wildman–Crippen MR) is 130 cm³/mol. The maximum atomic E-state index is 13.1. The summed E-state index contributed by atoms with van der Waals surface area (Å²) in [5.41, 5.74) is 0.659. The Hall–Kier alpha value is -2.42. The molecule has 1 unspecified atom stereocenters. The number of benzene rings is 2. The first-order valence-corrected chi connectivity index (χ1v) is 13.0. The van der Waals surface area contributed by atoms with E-state index in [1.165, 1.54) is 22.5 Å². The Morgan fingerprint density at radius 1 is 1.09 bits per heavy atom. The number of hydrogen-bond acceptors (Lipinski definition) is 4. The number of carbonyl (C=O) groups excluding carboxylic acids is 2. The van der Waals surface area contributed by atoms with Gasteiger partial charge in [-0.1, -0.05) is 37.6 Å². The highest BCUT2D eigenvalue weighted by Crippen LogP contribution is 2.27. The molecule has 0 aliphatic carbocycles. The van der Waals surface area contributed by atoms with Gasteiger partial charge in [-0.3, -0.25) is 9.59 Å². The largest absolute Gasteiger partial charge is 0.350 e. The van der Waals surface area contributed by atoms with Gasteiger partial charge < -0.3 is 10.6 Å². The van der Waals surface area contributed by atoms with E-state index < -0.39 is 15.9 Å². The molecule has 0 bridgehead atoms. The molecule has 2 aromatic rings. The molecule has 0 aromatic heterocycles. The number of carbonyl (C=O) groups is 2. The average Bonchev–Trinajstić information content (AvgIpc) is 2.79. The quantitative estimate of drug-likeness (QED) is 0.594. The molecule has 1 aliphatic rings. The van der Waals surface area contributed by atoms with Crippen molar-refractivity contribution in [2.24, 2.45) is 5.92 Å². The van der Waals surface area contributed by atoms with Crippen LogP contribution in [0, 0.1) is 5.92 Å². The number of rotatable bonds is 7. The van der Waals surface area contributed by atoms with Crippen molar-refractivity contribution >= 4 is 39.1 Å². The van der Waals surface area contributed by atoms with Crippen LogP contribution < -0.4 is 10.6 Å². The normalized spacial score (nSPS) is 16.2. The number of sulfonamides is 1. The zero-order valence-electron chi connectivity index (χ0n) is 19.1. The van der Waals surface area contributed by atoms with Crippen LogP contribution in [0.25, 0.3) is 0 Å². The number of para-hydroxylation sites is 1. The summed E-state index contributed by atoms with van der Waals surface area (Å²) < 4.78 is 27.7. The van der Waals surface area contributed by atoms with Crippen molar-refractivity contribution in [1.29, 1.82) is 0 Å². The first-order valence-electron chi connectivity index (χ1n) is 11.1. The lowest BCUT2D eigenvalue weighted by atomic mass is 10.0. The van der Waals surface area contributed by atoms with Gasteiger partial charge in [0.1, 0.15) is 0 Å². The van der Waals surface area contributed by atoms with Crippen molar-refractivity contribution in [1.82, 2.24) is 9.62 Å². The van der Waals surface area contributed by atoms with Crippen LogP contribution in [-0.2, 0) is 10.0 Å². The molecule has 2 aromatic carbocycles. The zero-order chi connectivity index (χ0) is 24.2. The molecule has 2 amide bonds. The number of nitrogens with one attached hydrogen (secondary N) is 2. The highest BCUT2D eigenvalue weighted by atomic mass is 35.5. The first kappa shape index (κ1) is 25.2. The van der Waals surface area contributed by atoms with Gasteiger partial charge in [0.05, 0.1) is 26.7 Å². The lowest BCUT2D eigenvalue weighted by molar-refractivity contribution is 0.0940. The minimum Gasteiger partial charge on any atom is -0.350 e. The Balaban J connectivity index is 1.85. The fourth-order valence-electron chi connectivity index (χ4n) is 3.60. The molecule has 9 heteroatoms. The zero-order valence-corrected chi connectivity index (χ0v) is 20.7. The van der Waals surface area contributed by atoms with Gasteiger partial charge in [0.2, 0.25) is 10.0 Å². The third-order valence-corrected chi connectivity index (χ3v) is 8.20. The van der Waals surface area contributed by atoms with E-state index in [4.69, 9.17) is 11.6 Å². The standard InChI is InChI=1S/C24H30ClN3O4S/c1-4-17(3)26-23(29)19-7-5-6-8-22(19)27-24(30)20-15-18(9-10-21(20)25)33(31,32)28-13-11-16(2)12-14-28/h5-10,15-17H,4,11-14H2,1-3H3,(H,26,29)(H,27,30). The van der Waals surface area contributed by atoms with E-state index in [1.54, 1.807) is 24.3 Å². The van der Waals surface area contributed by atoms with Gasteiger partial charge in [0.15, 0.2) is 0 Å². The molecular formula is C24H30ClN3O4S. The van der Waals surface area contributed by atoms with E-state index in [0.717, 1.165) is 19.3 Å². The second kappa shape index (κ2) is 10.7. The number of amides is 2. The molecule has 33 heavy (non-hydrogen) atoms. The van der Waals surface area contributed by atoms with Gasteiger partial charge in [-0.2, -0.15) is 4.31 Å². The Bertz CT molecular complexity index is 1130. The van der Waals surface area contributed by atoms with Crippen LogP contribution in [0.4, 0.5) is 5.69 Å². The fourth-order valence-corrected chi connectivity index (χ4v) is 5.30. The summed E-state index contributed by atoms with van der Waals surface area (Å²) in [6, 6.07) is 10.8. The predicted octanol–water partition coefficient (Wildman–Crippen LogP) is 4.54. The van der Waals surface area contributed by atoms with Gasteiger partial charge in [-0.15, -0.1) is 0 Å². The molecule has 0 spiro atoms. The fraction of sp³-hybridized carbons (Fsp3) is 0.417. The molecule has 3 rings (SSSR count). The lowest BCUT2D eigenvalue weighted by Crippen LogP contribution is -2.38. The van der Waals surface area contributed by atoms with E-state index in [1.807, 2.05) is 13.8 Å². The van der Waals surface area contributed by atoms with Gasteiger partial charge in [0.25, 0.3) is 11.8 Å². The molecular weight excluding hydrogens is 462 g/mol. The lowest BCUT2D eigenvalue weighted by Gasteiger charge is -2.29. The Morgan fingerprint density at radius 3 is 2.42 bits per heavy atom. The monoisotopic (exact) mass is 491 g/mol. The minimum absolute atomic E-state index is 0.0182. The van der Waals surface area contributed by atoms with Crippen LogP contribution in [0.15, 0.2) is 47.4 Å². The SMILES string of the molecule is CCC(C)NC(=O)c1ccccc1NC(=O)c1cc(S(=O)(=O)N2CCC(C)CC2)ccc1Cl. The summed E-state index contributed by atoms with van der Waals surface area (Å²) in [4.78, 5) is 25.7. The van der Waals surface area contributed by atoms with Crippen molar-refractivity contribution in [3.05, 3.63) is 58.6 Å². The number of anilines is 1. The molecule has 1 aliphatic heterocycles. The average molecular weight is 492 g/mol. The van der Waals surface area contributed by atoms with Crippen LogP contribution in [0.3, 0.4) is 0 Å². The van der Waals surface area contributed by atoms with Crippen molar-refractivity contribution in [3.63, 3.8) is 0 Å². The van der Waals surface area contributed by atoms with Crippen LogP contribution >= 0.6 is 11.6 Å². The molecule has 1 atom stereocenters. The highest BCUT2D eigenvalue weighted by molar-refractivity contribution is 7.89. The van der Waals surface area contributed by atoms with E-state index in [-0.39, 0.29) is 27.4 Å². The van der Waals surface area contributed by atoms with E-state index >= 15 is 0 Å². The number of halogens is 1. The number of hydrogen-bond donors (Lipinski definition) is 2. The second-order valence-corrected chi connectivity index (χ2v) is 10.9. The van der Waals surface area contributed by atoms with Crippen LogP contribution in [-0.4, -0.2) is 43.7 Å². The molecule has 7 nitrogen and oxygen atoms in total. The Labute approximate surface area is 200 Å². The second-order valence-electron chi connectivity index (χ2n) is 8.51. The third-order valence-electron chi connectivity index (χ3n) is 5.97. The minimum atomic E-state index is -3.74. The van der Waals surface area contributed by atoms with Gasteiger partial charge in [-0.25, -0.2) is 8.42 Å². The summed E-state index contributed by atoms with van der Waals surface area (Å²) in [6.45, 7) is 6.87. The van der Waals surface area contributed by atoms with E-state index in [9.17, 15) is 18.0 Å². The molecule has 2 N–H and O–H groups in total. The van der Waals surface area contributed by atoms with E-state index in [0.29, 0.717) is 30.3 Å². The van der Waals surface area contributed by atoms with Crippen LogP contribution in [0.1, 0.15) is 60.7 Å². The summed E-state index contributed by atoms with van der Waals surface area (Å²) in [5.74, 6) is -0.407. The maximum absolute atomic E-state index is 13.1. The van der Waals surface area contributed by atoms with Crippen molar-refractivity contribution in [2.75, 3.05) is 18.4 Å². The van der Waals surface area contributed by atoms with Gasteiger partial charge in [-0.05, 0) is 62.4 Å². The third kappa shape index (κ3) is 5.93. The topological polar surface area (TPSA) is 95.6 Å². The highest BCUT2D eigenvalue weighted by Gasteiger charge is 2.29. The first-order chi connectivity index (χ1) is 15.6. The molecule has 1 saturated heterocycles. The summed E-state index contributed by atoms with van der Waals surface area (Å²) in [7, 11) is -3.74. The number of piperidine rings is 1.